The molecule has 0 spiro atoms. The molecule has 0 saturated heterocycles. The van der Waals surface area contributed by atoms with Gasteiger partial charge in [-0.15, -0.1) is 0 Å². The molecule has 4 saturated carbocycles. The predicted molar refractivity (Wildman–Crippen MR) is 128 cm³/mol. The number of esters is 2. The van der Waals surface area contributed by atoms with Gasteiger partial charge < -0.3 is 14.6 Å². The van der Waals surface area contributed by atoms with Crippen LogP contribution >= 0.6 is 0 Å². The van der Waals surface area contributed by atoms with Gasteiger partial charge in [0.2, 0.25) is 0 Å². The Kier molecular flexibility index (Phi) is 6.47. The largest absolute Gasteiger partial charge is 0.462 e. The van der Waals surface area contributed by atoms with Gasteiger partial charge in [-0.25, -0.2) is 4.39 Å². The molecular weight excluding hydrogens is 451 g/mol. The van der Waals surface area contributed by atoms with Gasteiger partial charge in [-0.1, -0.05) is 34.6 Å². The summed E-state index contributed by atoms with van der Waals surface area (Å²) in [5.74, 6) is -0.727. The van der Waals surface area contributed by atoms with Crippen LogP contribution in [0.25, 0.3) is 0 Å². The number of ether oxygens (including phenoxy) is 2. The number of hydrogen-bond donors (Lipinski definition) is 1. The quantitative estimate of drug-likeness (QED) is 0.565. The fraction of sp³-hybridized carbons (Fsp3) is 0.893. The van der Waals surface area contributed by atoms with Crippen LogP contribution in [-0.2, 0) is 23.9 Å². The molecule has 0 aromatic rings. The zero-order chi connectivity index (χ0) is 26.1. The number of rotatable bonds is 4. The molecular formula is C28H43FO6. The maximum Gasteiger partial charge on any atom is 0.302 e. The molecule has 7 heteroatoms. The van der Waals surface area contributed by atoms with E-state index >= 15 is 4.39 Å². The van der Waals surface area contributed by atoms with Crippen molar-refractivity contribution in [3.63, 3.8) is 0 Å². The van der Waals surface area contributed by atoms with Crippen LogP contribution < -0.4 is 0 Å². The minimum atomic E-state index is -1.68. The van der Waals surface area contributed by atoms with E-state index in [-0.39, 0.29) is 42.3 Å². The maximum atomic E-state index is 16.2. The first-order chi connectivity index (χ1) is 16.2. The lowest BCUT2D eigenvalue weighted by Crippen LogP contribution is -2.71. The van der Waals surface area contributed by atoms with Gasteiger partial charge in [0, 0.05) is 43.4 Å². The average Bonchev–Trinajstić information content (AvgIpc) is 2.95. The highest BCUT2D eigenvalue weighted by atomic mass is 19.1. The number of hydrogen-bond acceptors (Lipinski definition) is 6. The second kappa shape index (κ2) is 8.53. The lowest BCUT2D eigenvalue weighted by molar-refractivity contribution is -0.275. The van der Waals surface area contributed by atoms with Crippen molar-refractivity contribution in [2.75, 3.05) is 0 Å². The summed E-state index contributed by atoms with van der Waals surface area (Å²) in [6.45, 7) is 12.9. The third-order valence-corrected chi connectivity index (χ3v) is 11.4. The minimum Gasteiger partial charge on any atom is -0.462 e. The molecule has 198 valence electrons. The van der Waals surface area contributed by atoms with E-state index in [1.807, 2.05) is 13.8 Å². The monoisotopic (exact) mass is 494 g/mol. The molecule has 4 fully saturated rings. The van der Waals surface area contributed by atoms with Gasteiger partial charge in [0.1, 0.15) is 29.8 Å². The van der Waals surface area contributed by atoms with Gasteiger partial charge in [0.05, 0.1) is 0 Å². The zero-order valence-electron chi connectivity index (χ0n) is 22.4. The van der Waals surface area contributed by atoms with E-state index in [0.717, 1.165) is 6.42 Å². The summed E-state index contributed by atoms with van der Waals surface area (Å²) in [4.78, 5) is 37.2. The Hall–Kier alpha value is -1.50. The summed E-state index contributed by atoms with van der Waals surface area (Å²) in [5, 5.41) is 11.9. The summed E-state index contributed by atoms with van der Waals surface area (Å²) in [6.07, 6.45) is 0.477. The minimum absolute atomic E-state index is 0.0463. The van der Waals surface area contributed by atoms with Gasteiger partial charge in [0.15, 0.2) is 0 Å². The number of carbonyl (C=O) groups excluding carboxylic acids is 3. The molecule has 0 radical (unpaired) electrons. The van der Waals surface area contributed by atoms with E-state index in [0.29, 0.717) is 25.7 Å². The van der Waals surface area contributed by atoms with E-state index in [1.54, 1.807) is 0 Å². The van der Waals surface area contributed by atoms with Crippen LogP contribution in [0.3, 0.4) is 0 Å². The first-order valence-electron chi connectivity index (χ1n) is 13.4. The van der Waals surface area contributed by atoms with Crippen molar-refractivity contribution in [3.05, 3.63) is 0 Å². The first kappa shape index (κ1) is 26.6. The number of aliphatic hydroxyl groups is 1. The van der Waals surface area contributed by atoms with Gasteiger partial charge >= 0.3 is 11.9 Å². The fourth-order valence-corrected chi connectivity index (χ4v) is 9.46. The number of alkyl halides is 1. The van der Waals surface area contributed by atoms with Gasteiger partial charge in [-0.05, 0) is 55.3 Å². The highest BCUT2D eigenvalue weighted by molar-refractivity contribution is 5.86. The average molecular weight is 495 g/mol. The predicted octanol–water partition coefficient (Wildman–Crippen LogP) is 4.80. The second-order valence-corrected chi connectivity index (χ2v) is 12.7. The SMILES string of the molecule is CCC(=O)[C@@]1(C)[C@H](C)C[C@H]2[C@@H]3C[C@@H](F)[C@@]4(O)C[C@@H](OC(C)=O)CC[C@]4(C)[C@H]3[C@H](OC(C)=O)C[C@@]21C. The molecule has 11 atom stereocenters. The standard InChI is InChI=1S/C28H43FO6/c1-8-23(32)27(7)15(2)11-20-19-12-22(29)28(33)13-18(34-16(3)30)9-10-25(28,5)24(19)21(35-17(4)31)14-26(20,27)6/h15,18-22,24,33H,8-14H2,1-7H3/t15-,18+,19+,20+,21-,22-,24-,25-,26+,27-,28+/m1/s1. The summed E-state index contributed by atoms with van der Waals surface area (Å²) in [5.41, 5.74) is -3.53. The summed E-state index contributed by atoms with van der Waals surface area (Å²) in [6, 6.07) is 0. The van der Waals surface area contributed by atoms with E-state index in [2.05, 4.69) is 20.8 Å². The second-order valence-electron chi connectivity index (χ2n) is 12.7. The van der Waals surface area contributed by atoms with Gasteiger partial charge in [0.25, 0.3) is 0 Å². The molecule has 1 N–H and O–H groups in total. The topological polar surface area (TPSA) is 89.9 Å². The van der Waals surface area contributed by atoms with Crippen molar-refractivity contribution in [3.8, 4) is 0 Å². The summed E-state index contributed by atoms with van der Waals surface area (Å²) < 4.78 is 27.5. The lowest BCUT2D eigenvalue weighted by Gasteiger charge is -2.66. The van der Waals surface area contributed by atoms with Crippen LogP contribution in [-0.4, -0.2) is 46.8 Å². The van der Waals surface area contributed by atoms with Gasteiger partial charge in [-0.2, -0.15) is 0 Å². The van der Waals surface area contributed by atoms with Crippen LogP contribution in [0.4, 0.5) is 4.39 Å². The van der Waals surface area contributed by atoms with Crippen LogP contribution in [0, 0.1) is 39.9 Å². The lowest BCUT2D eigenvalue weighted by atomic mass is 9.40. The van der Waals surface area contributed by atoms with E-state index in [9.17, 15) is 19.5 Å². The van der Waals surface area contributed by atoms with E-state index in [4.69, 9.17) is 9.47 Å². The molecule has 4 aliphatic carbocycles. The smallest absolute Gasteiger partial charge is 0.302 e. The molecule has 6 nitrogen and oxygen atoms in total. The van der Waals surface area contributed by atoms with Crippen molar-refractivity contribution in [1.29, 1.82) is 0 Å². The number of halogens is 1. The molecule has 0 heterocycles. The van der Waals surface area contributed by atoms with Crippen molar-refractivity contribution in [1.82, 2.24) is 0 Å². The van der Waals surface area contributed by atoms with Crippen LogP contribution in [0.5, 0.6) is 0 Å². The van der Waals surface area contributed by atoms with Gasteiger partial charge in [-0.3, -0.25) is 14.4 Å². The molecule has 0 aliphatic heterocycles. The zero-order valence-corrected chi connectivity index (χ0v) is 22.4. The molecule has 0 aromatic heterocycles. The Bertz CT molecular complexity index is 906. The van der Waals surface area contributed by atoms with Crippen molar-refractivity contribution < 1.29 is 33.4 Å². The van der Waals surface area contributed by atoms with E-state index in [1.165, 1.54) is 13.8 Å². The van der Waals surface area contributed by atoms with Crippen LogP contribution in [0.1, 0.15) is 93.4 Å². The Morgan fingerprint density at radius 3 is 2.20 bits per heavy atom. The Morgan fingerprint density at radius 1 is 1.00 bits per heavy atom. The number of ketones is 1. The Balaban J connectivity index is 1.80. The third kappa shape index (κ3) is 3.53. The molecule has 4 aliphatic rings. The van der Waals surface area contributed by atoms with Crippen molar-refractivity contribution >= 4 is 17.7 Å². The molecule has 4 rings (SSSR count). The van der Waals surface area contributed by atoms with Crippen LogP contribution in [0.15, 0.2) is 0 Å². The third-order valence-electron chi connectivity index (χ3n) is 11.4. The van der Waals surface area contributed by atoms with E-state index < -0.39 is 52.2 Å². The van der Waals surface area contributed by atoms with Crippen molar-refractivity contribution in [2.45, 2.75) is 117 Å². The molecule has 0 bridgehead atoms. The Labute approximate surface area is 208 Å². The van der Waals surface area contributed by atoms with Crippen molar-refractivity contribution in [2.24, 2.45) is 39.9 Å². The molecule has 0 unspecified atom stereocenters. The normalized spacial score (nSPS) is 50.9. The number of carbonyl (C=O) groups is 3. The first-order valence-corrected chi connectivity index (χ1v) is 13.4. The maximum absolute atomic E-state index is 16.2. The molecule has 0 amide bonds. The molecule has 35 heavy (non-hydrogen) atoms. The Morgan fingerprint density at radius 2 is 1.63 bits per heavy atom. The fourth-order valence-electron chi connectivity index (χ4n) is 9.46. The summed E-state index contributed by atoms with van der Waals surface area (Å²) in [7, 11) is 0. The van der Waals surface area contributed by atoms with Crippen LogP contribution in [0.2, 0.25) is 0 Å². The molecule has 0 aromatic carbocycles. The highest BCUT2D eigenvalue weighted by Gasteiger charge is 2.74. The number of fused-ring (bicyclic) bond motifs is 5. The number of Topliss-reactive ketones (excluding diaryl/α,β-unsaturated/α-hetero) is 1. The highest BCUT2D eigenvalue weighted by Crippen LogP contribution is 2.73. The summed E-state index contributed by atoms with van der Waals surface area (Å²) >= 11 is 0.